The number of amides is 2. The quantitative estimate of drug-likeness (QED) is 0.217. The molecule has 1 saturated carbocycles. The lowest BCUT2D eigenvalue weighted by atomic mass is 9.76. The number of esters is 1. The van der Waals surface area contributed by atoms with Crippen LogP contribution in [0, 0.1) is 27.9 Å². The van der Waals surface area contributed by atoms with Gasteiger partial charge in [-0.05, 0) is 61.6 Å². The van der Waals surface area contributed by atoms with E-state index in [4.69, 9.17) is 4.74 Å². The zero-order chi connectivity index (χ0) is 23.7. The fourth-order valence-corrected chi connectivity index (χ4v) is 4.46. The van der Waals surface area contributed by atoms with E-state index in [1.165, 1.54) is 53.4 Å². The Balaban J connectivity index is 1.38. The fourth-order valence-electron chi connectivity index (χ4n) is 4.46. The molecule has 2 amide bonds. The number of benzene rings is 2. The second kappa shape index (κ2) is 8.93. The van der Waals surface area contributed by atoms with Crippen LogP contribution in [0.15, 0.2) is 48.5 Å². The summed E-state index contributed by atoms with van der Waals surface area (Å²) in [6.07, 6.45) is 2.34. The van der Waals surface area contributed by atoms with E-state index in [9.17, 15) is 29.3 Å². The maximum absolute atomic E-state index is 12.8. The van der Waals surface area contributed by atoms with Gasteiger partial charge in [0, 0.05) is 17.7 Å². The van der Waals surface area contributed by atoms with E-state index in [1.54, 1.807) is 0 Å². The van der Waals surface area contributed by atoms with Gasteiger partial charge in [0.15, 0.2) is 12.4 Å². The van der Waals surface area contributed by atoms with Crippen LogP contribution in [-0.4, -0.2) is 35.1 Å². The Labute approximate surface area is 189 Å². The minimum absolute atomic E-state index is 0.146. The Bertz CT molecular complexity index is 1120. The van der Waals surface area contributed by atoms with Crippen molar-refractivity contribution in [2.75, 3.05) is 11.5 Å². The highest BCUT2D eigenvalue weighted by molar-refractivity contribution is 6.22. The minimum atomic E-state index is -0.738. The maximum Gasteiger partial charge on any atom is 0.338 e. The highest BCUT2D eigenvalue weighted by Gasteiger charge is 2.49. The van der Waals surface area contributed by atoms with Crippen molar-refractivity contribution >= 4 is 34.9 Å². The predicted octanol–water partition coefficient (Wildman–Crippen LogP) is 3.56. The molecule has 1 heterocycles. The molecule has 0 spiro atoms. The summed E-state index contributed by atoms with van der Waals surface area (Å²) >= 11 is 0. The maximum atomic E-state index is 12.8. The van der Waals surface area contributed by atoms with Gasteiger partial charge in [-0.1, -0.05) is 6.92 Å². The van der Waals surface area contributed by atoms with Crippen LogP contribution >= 0.6 is 0 Å². The Kier molecular flexibility index (Phi) is 6.04. The molecule has 9 nitrogen and oxygen atoms in total. The van der Waals surface area contributed by atoms with E-state index < -0.39 is 23.3 Å². The molecule has 1 aliphatic carbocycles. The number of Topliss-reactive ketones (excluding diaryl/α,β-unsaturated/α-hetero) is 1. The lowest BCUT2D eigenvalue weighted by molar-refractivity contribution is -0.384. The second-order valence-corrected chi connectivity index (χ2v) is 8.49. The number of hydrogen-bond acceptors (Lipinski definition) is 7. The number of fused-ring (bicyclic) bond motifs is 1. The summed E-state index contributed by atoms with van der Waals surface area (Å²) in [7, 11) is 0. The second-order valence-electron chi connectivity index (χ2n) is 8.49. The van der Waals surface area contributed by atoms with E-state index in [2.05, 4.69) is 6.92 Å². The molecular weight excluding hydrogens is 428 g/mol. The molecule has 4 rings (SSSR count). The monoisotopic (exact) mass is 450 g/mol. The molecule has 2 aromatic carbocycles. The van der Waals surface area contributed by atoms with Gasteiger partial charge in [-0.15, -0.1) is 0 Å². The van der Waals surface area contributed by atoms with Crippen molar-refractivity contribution in [1.82, 2.24) is 0 Å². The molecule has 0 radical (unpaired) electrons. The topological polar surface area (TPSA) is 124 Å². The number of nitro groups is 1. The molecule has 2 aromatic rings. The van der Waals surface area contributed by atoms with Crippen molar-refractivity contribution in [3.8, 4) is 0 Å². The molecule has 33 heavy (non-hydrogen) atoms. The Hall–Kier alpha value is -3.88. The fraction of sp³-hybridized carbons (Fsp3) is 0.333. The van der Waals surface area contributed by atoms with Crippen molar-refractivity contribution < 1.29 is 28.8 Å². The van der Waals surface area contributed by atoms with Gasteiger partial charge < -0.3 is 4.74 Å². The third-order valence-electron chi connectivity index (χ3n) is 6.28. The largest absolute Gasteiger partial charge is 0.454 e. The minimum Gasteiger partial charge on any atom is -0.454 e. The molecule has 0 N–H and O–H groups in total. The van der Waals surface area contributed by atoms with Gasteiger partial charge in [-0.2, -0.15) is 0 Å². The molecule has 2 aliphatic rings. The highest BCUT2D eigenvalue weighted by atomic mass is 16.6. The van der Waals surface area contributed by atoms with Crippen molar-refractivity contribution in [3.63, 3.8) is 0 Å². The summed E-state index contributed by atoms with van der Waals surface area (Å²) < 4.78 is 5.05. The number of anilines is 1. The third-order valence-corrected chi connectivity index (χ3v) is 6.28. The Morgan fingerprint density at radius 1 is 0.970 bits per heavy atom. The average Bonchev–Trinajstić information content (AvgIpc) is 3.06. The van der Waals surface area contributed by atoms with Crippen molar-refractivity contribution in [3.05, 3.63) is 69.8 Å². The number of ether oxygens (including phenoxy) is 1. The first-order valence-corrected chi connectivity index (χ1v) is 10.7. The molecule has 9 heteroatoms. The van der Waals surface area contributed by atoms with Crippen LogP contribution < -0.4 is 4.90 Å². The number of imide groups is 1. The van der Waals surface area contributed by atoms with Crippen molar-refractivity contribution in [2.45, 2.75) is 26.2 Å². The van der Waals surface area contributed by atoms with Gasteiger partial charge in [0.25, 0.3) is 5.69 Å². The lowest BCUT2D eigenvalue weighted by Crippen LogP contribution is -2.30. The number of carbonyl (C=O) groups is 4. The normalized spacial score (nSPS) is 22.1. The number of rotatable bonds is 6. The Morgan fingerprint density at radius 3 is 2.21 bits per heavy atom. The Morgan fingerprint density at radius 2 is 1.58 bits per heavy atom. The van der Waals surface area contributed by atoms with Crippen LogP contribution in [-0.2, 0) is 14.3 Å². The van der Waals surface area contributed by atoms with Gasteiger partial charge in [0.1, 0.15) is 0 Å². The molecule has 0 bridgehead atoms. The van der Waals surface area contributed by atoms with E-state index in [0.29, 0.717) is 24.4 Å². The molecule has 170 valence electrons. The molecule has 0 aromatic heterocycles. The van der Waals surface area contributed by atoms with Gasteiger partial charge in [-0.3, -0.25) is 29.4 Å². The lowest BCUT2D eigenvalue weighted by Gasteiger charge is -2.25. The van der Waals surface area contributed by atoms with Crippen molar-refractivity contribution in [1.29, 1.82) is 0 Å². The number of nitro benzene ring substituents is 1. The SMILES string of the molecule is C[C@H]1CC[C@@H]2C(=O)N(c3ccc(C(=O)OCC(=O)c4ccc([N+](=O)[O-])cc4)cc3)C(=O)[C@@H]2C1. The number of nitrogens with zero attached hydrogens (tertiary/aromatic N) is 2. The van der Waals surface area contributed by atoms with E-state index in [-0.39, 0.29) is 40.5 Å². The van der Waals surface area contributed by atoms with Gasteiger partial charge in [-0.25, -0.2) is 4.79 Å². The molecule has 2 fully saturated rings. The van der Waals surface area contributed by atoms with E-state index in [1.807, 2.05) is 0 Å². The summed E-state index contributed by atoms with van der Waals surface area (Å²) in [5.41, 5.74) is 0.615. The van der Waals surface area contributed by atoms with E-state index >= 15 is 0 Å². The van der Waals surface area contributed by atoms with Crippen LogP contribution in [0.3, 0.4) is 0 Å². The summed E-state index contributed by atoms with van der Waals surface area (Å²) in [5.74, 6) is -1.77. The van der Waals surface area contributed by atoms with Gasteiger partial charge >= 0.3 is 5.97 Å². The van der Waals surface area contributed by atoms with Gasteiger partial charge in [0.2, 0.25) is 11.8 Å². The van der Waals surface area contributed by atoms with Crippen molar-refractivity contribution in [2.24, 2.45) is 17.8 Å². The average molecular weight is 450 g/mol. The zero-order valence-corrected chi connectivity index (χ0v) is 17.9. The first-order chi connectivity index (χ1) is 15.8. The molecule has 3 atom stereocenters. The molecule has 1 aliphatic heterocycles. The van der Waals surface area contributed by atoms with Crippen LogP contribution in [0.5, 0.6) is 0 Å². The van der Waals surface area contributed by atoms with Crippen LogP contribution in [0.4, 0.5) is 11.4 Å². The highest BCUT2D eigenvalue weighted by Crippen LogP contribution is 2.42. The van der Waals surface area contributed by atoms with Crippen LogP contribution in [0.2, 0.25) is 0 Å². The smallest absolute Gasteiger partial charge is 0.338 e. The first kappa shape index (κ1) is 22.3. The number of non-ortho nitro benzene ring substituents is 1. The number of ketones is 1. The van der Waals surface area contributed by atoms with E-state index in [0.717, 1.165) is 6.42 Å². The summed E-state index contributed by atoms with van der Waals surface area (Å²) in [6, 6.07) is 10.9. The van der Waals surface area contributed by atoms with Gasteiger partial charge in [0.05, 0.1) is 28.0 Å². The summed E-state index contributed by atoms with van der Waals surface area (Å²) in [4.78, 5) is 61.4. The third kappa shape index (κ3) is 4.39. The number of hydrogen-bond donors (Lipinski definition) is 0. The van der Waals surface area contributed by atoms with Crippen LogP contribution in [0.25, 0.3) is 0 Å². The standard InChI is InChI=1S/C24H22N2O7/c1-14-2-11-19-20(12-14)23(29)25(22(19)28)17-7-5-16(6-8-17)24(30)33-13-21(27)15-3-9-18(10-4-15)26(31)32/h3-10,14,19-20H,2,11-13H2,1H3/t14-,19-,20+/m0/s1. The summed E-state index contributed by atoms with van der Waals surface area (Å²) in [6.45, 7) is 1.56. The summed E-state index contributed by atoms with van der Waals surface area (Å²) in [5, 5.41) is 10.7. The molecule has 1 saturated heterocycles. The first-order valence-electron chi connectivity index (χ1n) is 10.7. The van der Waals surface area contributed by atoms with Crippen LogP contribution in [0.1, 0.15) is 46.9 Å². The molecule has 0 unspecified atom stereocenters. The zero-order valence-electron chi connectivity index (χ0n) is 17.9. The predicted molar refractivity (Wildman–Crippen MR) is 117 cm³/mol. The number of carbonyl (C=O) groups excluding carboxylic acids is 4. The molecular formula is C24H22N2O7.